The molecule has 4 heteroatoms. The Balaban J connectivity index is 1.55. The van der Waals surface area contributed by atoms with Crippen LogP contribution in [0.5, 0.6) is 0 Å². The predicted octanol–water partition coefficient (Wildman–Crippen LogP) is 4.44. The summed E-state index contributed by atoms with van der Waals surface area (Å²) < 4.78 is 0. The van der Waals surface area contributed by atoms with Crippen molar-refractivity contribution in [1.82, 2.24) is 0 Å². The van der Waals surface area contributed by atoms with E-state index in [0.717, 1.165) is 25.7 Å². The number of carboxylic acid groups (broad SMARTS) is 1. The van der Waals surface area contributed by atoms with E-state index in [1.54, 1.807) is 0 Å². The van der Waals surface area contributed by atoms with E-state index >= 15 is 0 Å². The van der Waals surface area contributed by atoms with Crippen molar-refractivity contribution in [3.05, 3.63) is 0 Å². The summed E-state index contributed by atoms with van der Waals surface area (Å²) in [4.78, 5) is 11.1. The van der Waals surface area contributed by atoms with Gasteiger partial charge in [-0.25, -0.2) is 0 Å². The highest BCUT2D eigenvalue weighted by Gasteiger charge is 2.62. The minimum atomic E-state index is -0.674. The standard InChI is InChI=1S/C24H41NO3/c1-14(4-7-21(27)28)17-5-6-18-22-19(9-11-24(17,18)3)23(2)10-8-16(25)12-15(23)13-20(22)26/h14-20,22,26H,4-13,25H2,1-3H3,(H,27,28)/t14-,15?,16-,17-,18+,19+,20+,22+,23+,24-/m1/s1. The first-order valence-corrected chi connectivity index (χ1v) is 11.8. The molecule has 160 valence electrons. The molecule has 0 aromatic rings. The van der Waals surface area contributed by atoms with Gasteiger partial charge in [-0.15, -0.1) is 0 Å². The van der Waals surface area contributed by atoms with Gasteiger partial charge in [0, 0.05) is 12.5 Å². The van der Waals surface area contributed by atoms with E-state index in [1.807, 2.05) is 0 Å². The number of nitrogens with two attached hydrogens (primary N) is 1. The summed E-state index contributed by atoms with van der Waals surface area (Å²) in [5.41, 5.74) is 6.93. The first-order chi connectivity index (χ1) is 13.2. The van der Waals surface area contributed by atoms with Crippen molar-refractivity contribution in [2.24, 2.45) is 52.1 Å². The lowest BCUT2D eigenvalue weighted by atomic mass is 9.43. The molecule has 1 unspecified atom stereocenters. The summed E-state index contributed by atoms with van der Waals surface area (Å²) in [5.74, 6) is 2.66. The van der Waals surface area contributed by atoms with Crippen LogP contribution < -0.4 is 5.73 Å². The van der Waals surface area contributed by atoms with Crippen molar-refractivity contribution in [2.45, 2.75) is 97.1 Å². The normalized spacial score (nSPS) is 51.7. The molecule has 0 bridgehead atoms. The first kappa shape index (κ1) is 20.7. The molecule has 0 aromatic heterocycles. The lowest BCUT2D eigenvalue weighted by Crippen LogP contribution is -2.59. The predicted molar refractivity (Wildman–Crippen MR) is 111 cm³/mol. The number of rotatable bonds is 4. The van der Waals surface area contributed by atoms with Crippen molar-refractivity contribution in [2.75, 3.05) is 0 Å². The topological polar surface area (TPSA) is 83.5 Å². The molecule has 4 aliphatic carbocycles. The molecule has 0 amide bonds. The SMILES string of the molecule is C[C@H](CCC(=O)O)[C@H]1CC[C@H]2[C@@H]3[C@@H](O)CC4C[C@H](N)CC[C@]4(C)[C@H]3CC[C@]12C. The molecule has 0 aromatic carbocycles. The monoisotopic (exact) mass is 391 g/mol. The van der Waals surface area contributed by atoms with Gasteiger partial charge in [0.15, 0.2) is 0 Å². The smallest absolute Gasteiger partial charge is 0.303 e. The van der Waals surface area contributed by atoms with Gasteiger partial charge in [0.1, 0.15) is 0 Å². The van der Waals surface area contributed by atoms with Crippen LogP contribution >= 0.6 is 0 Å². The lowest BCUT2D eigenvalue weighted by molar-refractivity contribution is -0.166. The van der Waals surface area contributed by atoms with E-state index < -0.39 is 5.97 Å². The summed E-state index contributed by atoms with van der Waals surface area (Å²) in [7, 11) is 0. The minimum absolute atomic E-state index is 0.175. The molecular formula is C24H41NO3. The summed E-state index contributed by atoms with van der Waals surface area (Å²) in [5, 5.41) is 20.4. The van der Waals surface area contributed by atoms with E-state index in [1.165, 1.54) is 32.1 Å². The van der Waals surface area contributed by atoms with Crippen LogP contribution in [-0.4, -0.2) is 28.3 Å². The second kappa shape index (κ2) is 7.27. The number of fused-ring (bicyclic) bond motifs is 5. The van der Waals surface area contributed by atoms with Crippen molar-refractivity contribution in [3.8, 4) is 0 Å². The second-order valence-corrected chi connectivity index (χ2v) is 11.5. The maximum atomic E-state index is 11.3. The third kappa shape index (κ3) is 3.14. The second-order valence-electron chi connectivity index (χ2n) is 11.5. The van der Waals surface area contributed by atoms with Crippen molar-refractivity contribution < 1.29 is 15.0 Å². The molecule has 10 atom stereocenters. The fraction of sp³-hybridized carbons (Fsp3) is 0.958. The van der Waals surface area contributed by atoms with Crippen LogP contribution in [0.2, 0.25) is 0 Å². The molecule has 0 spiro atoms. The molecule has 28 heavy (non-hydrogen) atoms. The Morgan fingerprint density at radius 3 is 2.46 bits per heavy atom. The van der Waals surface area contributed by atoms with Crippen LogP contribution in [0.3, 0.4) is 0 Å². The summed E-state index contributed by atoms with van der Waals surface area (Å²) >= 11 is 0. The zero-order valence-corrected chi connectivity index (χ0v) is 18.1. The number of hydrogen-bond donors (Lipinski definition) is 3. The van der Waals surface area contributed by atoms with Crippen LogP contribution in [0.1, 0.15) is 85.0 Å². The van der Waals surface area contributed by atoms with Crippen LogP contribution in [0.15, 0.2) is 0 Å². The van der Waals surface area contributed by atoms with Crippen LogP contribution in [0.4, 0.5) is 0 Å². The Morgan fingerprint density at radius 2 is 1.75 bits per heavy atom. The first-order valence-electron chi connectivity index (χ1n) is 11.8. The highest BCUT2D eigenvalue weighted by atomic mass is 16.4. The Hall–Kier alpha value is -0.610. The van der Waals surface area contributed by atoms with Gasteiger partial charge in [0.25, 0.3) is 0 Å². The quantitative estimate of drug-likeness (QED) is 0.661. The zero-order valence-electron chi connectivity index (χ0n) is 18.1. The Morgan fingerprint density at radius 1 is 1.07 bits per heavy atom. The van der Waals surface area contributed by atoms with Gasteiger partial charge in [0.2, 0.25) is 0 Å². The minimum Gasteiger partial charge on any atom is -0.481 e. The maximum Gasteiger partial charge on any atom is 0.303 e. The van der Waals surface area contributed by atoms with Crippen molar-refractivity contribution in [3.63, 3.8) is 0 Å². The Kier molecular flexibility index (Phi) is 5.36. The highest BCUT2D eigenvalue weighted by molar-refractivity contribution is 5.66. The molecule has 4 aliphatic rings. The van der Waals surface area contributed by atoms with E-state index in [9.17, 15) is 9.90 Å². The fourth-order valence-electron chi connectivity index (χ4n) is 8.78. The van der Waals surface area contributed by atoms with Crippen LogP contribution in [0, 0.1) is 46.3 Å². The molecule has 0 heterocycles. The molecule has 4 rings (SSSR count). The third-order valence-electron chi connectivity index (χ3n) is 10.3. The number of hydrogen-bond acceptors (Lipinski definition) is 3. The fourth-order valence-corrected chi connectivity index (χ4v) is 8.78. The maximum absolute atomic E-state index is 11.3. The molecule has 4 N–H and O–H groups in total. The van der Waals surface area contributed by atoms with Crippen molar-refractivity contribution in [1.29, 1.82) is 0 Å². The van der Waals surface area contributed by atoms with Gasteiger partial charge in [-0.1, -0.05) is 20.8 Å². The van der Waals surface area contributed by atoms with E-state index in [-0.39, 0.29) is 17.9 Å². The lowest BCUT2D eigenvalue weighted by Gasteiger charge is -2.62. The molecular weight excluding hydrogens is 350 g/mol. The third-order valence-corrected chi connectivity index (χ3v) is 10.3. The van der Waals surface area contributed by atoms with Gasteiger partial charge in [0.05, 0.1) is 6.10 Å². The van der Waals surface area contributed by atoms with Gasteiger partial charge in [-0.2, -0.15) is 0 Å². The van der Waals surface area contributed by atoms with E-state index in [4.69, 9.17) is 10.8 Å². The van der Waals surface area contributed by atoms with Crippen molar-refractivity contribution >= 4 is 5.97 Å². The number of carbonyl (C=O) groups is 1. The summed E-state index contributed by atoms with van der Waals surface area (Å²) in [6.45, 7) is 7.25. The largest absolute Gasteiger partial charge is 0.481 e. The van der Waals surface area contributed by atoms with Crippen LogP contribution in [0.25, 0.3) is 0 Å². The molecule has 0 saturated heterocycles. The summed E-state index contributed by atoms with van der Waals surface area (Å²) in [6.07, 6.45) is 10.2. The number of aliphatic hydroxyl groups excluding tert-OH is 1. The van der Waals surface area contributed by atoms with Crippen LogP contribution in [-0.2, 0) is 4.79 Å². The Labute approximate surface area is 170 Å². The van der Waals surface area contributed by atoms with Gasteiger partial charge in [-0.05, 0) is 104 Å². The molecule has 4 nitrogen and oxygen atoms in total. The van der Waals surface area contributed by atoms with Gasteiger partial charge < -0.3 is 15.9 Å². The van der Waals surface area contributed by atoms with E-state index in [0.29, 0.717) is 47.0 Å². The average molecular weight is 392 g/mol. The van der Waals surface area contributed by atoms with Gasteiger partial charge >= 0.3 is 5.97 Å². The number of aliphatic hydroxyl groups is 1. The molecule has 4 saturated carbocycles. The molecule has 0 aliphatic heterocycles. The zero-order chi connectivity index (χ0) is 20.3. The average Bonchev–Trinajstić information content (AvgIpc) is 2.98. The summed E-state index contributed by atoms with van der Waals surface area (Å²) in [6, 6.07) is 0.321. The molecule has 0 radical (unpaired) electrons. The number of aliphatic carboxylic acids is 1. The molecule has 4 fully saturated rings. The highest BCUT2D eigenvalue weighted by Crippen LogP contribution is 2.68. The number of carboxylic acids is 1. The van der Waals surface area contributed by atoms with Gasteiger partial charge in [-0.3, -0.25) is 4.79 Å². The van der Waals surface area contributed by atoms with E-state index in [2.05, 4.69) is 20.8 Å². The Bertz CT molecular complexity index is 609.